The zero-order chi connectivity index (χ0) is 25.0. The van der Waals surface area contributed by atoms with Crippen LogP contribution < -0.4 is 0 Å². The van der Waals surface area contributed by atoms with Gasteiger partial charge in [0.25, 0.3) is 0 Å². The number of carbonyl (C=O) groups is 1. The topological polar surface area (TPSA) is 51.2 Å². The summed E-state index contributed by atoms with van der Waals surface area (Å²) in [5.74, 6) is -2.40. The average molecular weight is 562 g/mol. The minimum absolute atomic E-state index is 0.0239. The lowest BCUT2D eigenvalue weighted by atomic mass is 9.96. The third-order valence-electron chi connectivity index (χ3n) is 4.70. The molecule has 0 N–H and O–H groups in total. The molecule has 0 radical (unpaired) electrons. The Morgan fingerprint density at radius 3 is 2.12 bits per heavy atom. The van der Waals surface area contributed by atoms with Crippen LogP contribution in [0.15, 0.2) is 36.4 Å². The molecule has 0 saturated heterocycles. The number of Topliss-reactive ketones (excluding diaryl/α,β-unsaturated/α-hetero) is 1. The fourth-order valence-electron chi connectivity index (χ4n) is 2.94. The van der Waals surface area contributed by atoms with E-state index in [1.54, 1.807) is 12.1 Å². The molecule has 0 heterocycles. The van der Waals surface area contributed by atoms with Crippen molar-refractivity contribution >= 4 is 68.1 Å². The number of sulfone groups is 1. The van der Waals surface area contributed by atoms with E-state index < -0.39 is 21.9 Å². The second kappa shape index (κ2) is 11.5. The third-order valence-corrected chi connectivity index (χ3v) is 7.20. The molecule has 1 atom stereocenters. The molecule has 0 aliphatic rings. The van der Waals surface area contributed by atoms with Crippen molar-refractivity contribution < 1.29 is 26.4 Å². The highest BCUT2D eigenvalue weighted by Gasteiger charge is 2.39. The Hall–Kier alpha value is -1.25. The summed E-state index contributed by atoms with van der Waals surface area (Å²) < 4.78 is 63.3. The molecule has 0 aliphatic heterocycles. The lowest BCUT2D eigenvalue weighted by Crippen LogP contribution is -2.19. The smallest absolute Gasteiger partial charge is 0.300 e. The van der Waals surface area contributed by atoms with Crippen LogP contribution >= 0.6 is 46.4 Å². The maximum atomic E-state index is 13.7. The summed E-state index contributed by atoms with van der Waals surface area (Å²) in [4.78, 5) is 11.9. The average Bonchev–Trinajstić information content (AvgIpc) is 2.68. The highest BCUT2D eigenvalue weighted by atomic mass is 35.5. The van der Waals surface area contributed by atoms with Gasteiger partial charge in [0.15, 0.2) is 0 Å². The first-order valence-electron chi connectivity index (χ1n) is 9.54. The van der Waals surface area contributed by atoms with Crippen LogP contribution in [0.5, 0.6) is 0 Å². The molecule has 2 aromatic carbocycles. The van der Waals surface area contributed by atoms with E-state index in [1.165, 1.54) is 12.1 Å². The highest BCUT2D eigenvalue weighted by molar-refractivity contribution is 7.90. The van der Waals surface area contributed by atoms with Crippen LogP contribution in [0, 0.1) is 0 Å². The van der Waals surface area contributed by atoms with Crippen LogP contribution in [-0.4, -0.2) is 32.4 Å². The summed E-state index contributed by atoms with van der Waals surface area (Å²) in [7, 11) is -3.22. The zero-order valence-corrected chi connectivity index (χ0v) is 21.1. The van der Waals surface area contributed by atoms with Crippen LogP contribution in [0.1, 0.15) is 35.4 Å². The first-order chi connectivity index (χ1) is 15.2. The molecule has 33 heavy (non-hydrogen) atoms. The summed E-state index contributed by atoms with van der Waals surface area (Å²) in [6, 6.07) is 6.92. The molecule has 0 saturated carbocycles. The maximum absolute atomic E-state index is 13.7. The van der Waals surface area contributed by atoms with Crippen molar-refractivity contribution in [2.45, 2.75) is 31.4 Å². The van der Waals surface area contributed by atoms with Gasteiger partial charge >= 0.3 is 6.18 Å². The van der Waals surface area contributed by atoms with Gasteiger partial charge in [-0.25, -0.2) is 8.42 Å². The summed E-state index contributed by atoms with van der Waals surface area (Å²) >= 11 is 23.8. The summed E-state index contributed by atoms with van der Waals surface area (Å²) in [5, 5.41) is 0.0963. The van der Waals surface area contributed by atoms with Gasteiger partial charge in [0.1, 0.15) is 15.6 Å². The van der Waals surface area contributed by atoms with Gasteiger partial charge in [-0.05, 0) is 41.3 Å². The summed E-state index contributed by atoms with van der Waals surface area (Å²) in [6.07, 6.45) is -0.973. The number of alkyl halides is 3. The van der Waals surface area contributed by atoms with E-state index in [9.17, 15) is 26.4 Å². The monoisotopic (exact) mass is 560 g/mol. The Kier molecular flexibility index (Phi) is 9.71. The Labute approximate surface area is 210 Å². The van der Waals surface area contributed by atoms with Crippen LogP contribution in [0.25, 0.3) is 6.08 Å². The van der Waals surface area contributed by atoms with Gasteiger partial charge in [0.2, 0.25) is 0 Å². The molecule has 11 heteroatoms. The minimum atomic E-state index is -4.60. The quantitative estimate of drug-likeness (QED) is 0.296. The number of hydrogen-bond donors (Lipinski definition) is 0. The molecular weight excluding hydrogens is 543 g/mol. The van der Waals surface area contributed by atoms with Crippen LogP contribution in [0.4, 0.5) is 13.2 Å². The first-order valence-corrected chi connectivity index (χ1v) is 13.1. The number of rotatable bonds is 9. The van der Waals surface area contributed by atoms with Crippen molar-refractivity contribution in [1.29, 1.82) is 0 Å². The highest BCUT2D eigenvalue weighted by Crippen LogP contribution is 2.41. The molecule has 2 rings (SSSR count). The van der Waals surface area contributed by atoms with E-state index in [0.29, 0.717) is 17.5 Å². The molecule has 0 bridgehead atoms. The number of carbonyl (C=O) groups excluding carboxylic acids is 1. The zero-order valence-electron chi connectivity index (χ0n) is 17.2. The molecule has 0 amide bonds. The summed E-state index contributed by atoms with van der Waals surface area (Å²) in [5.41, 5.74) is 0.895. The van der Waals surface area contributed by atoms with E-state index in [2.05, 4.69) is 0 Å². The van der Waals surface area contributed by atoms with Crippen molar-refractivity contribution in [3.8, 4) is 0 Å². The predicted molar refractivity (Wildman–Crippen MR) is 128 cm³/mol. The molecule has 0 spiro atoms. The lowest BCUT2D eigenvalue weighted by molar-refractivity contribution is -0.139. The number of halogens is 7. The molecule has 3 nitrogen and oxygen atoms in total. The second-order valence-corrected chi connectivity index (χ2v) is 11.3. The fourth-order valence-corrected chi connectivity index (χ4v) is 4.43. The van der Waals surface area contributed by atoms with Crippen molar-refractivity contribution in [2.24, 2.45) is 0 Å². The third kappa shape index (κ3) is 8.80. The molecule has 1 unspecified atom stereocenters. The van der Waals surface area contributed by atoms with Gasteiger partial charge in [-0.3, -0.25) is 4.79 Å². The maximum Gasteiger partial charge on any atom is 0.399 e. The SMILES string of the molecule is CS(=O)(=O)CCC(=O)CCc1ccc(/C=C/C(c2cc(Cl)c(Cl)c(Cl)c2)C(F)(F)F)cc1Cl. The Bertz CT molecular complexity index is 1140. The lowest BCUT2D eigenvalue weighted by Gasteiger charge is -2.18. The van der Waals surface area contributed by atoms with Crippen LogP contribution in [0.3, 0.4) is 0 Å². The molecule has 2 aromatic rings. The molecule has 180 valence electrons. The first kappa shape index (κ1) is 28.0. The largest absolute Gasteiger partial charge is 0.399 e. The number of aryl methyl sites for hydroxylation is 1. The molecular formula is C22H19Cl4F3O3S. The van der Waals surface area contributed by atoms with Crippen molar-refractivity contribution in [1.82, 2.24) is 0 Å². The van der Waals surface area contributed by atoms with Crippen molar-refractivity contribution in [3.05, 3.63) is 73.2 Å². The summed E-state index contributed by atoms with van der Waals surface area (Å²) in [6.45, 7) is 0. The Morgan fingerprint density at radius 2 is 1.61 bits per heavy atom. The second-order valence-electron chi connectivity index (χ2n) is 7.45. The Balaban J connectivity index is 2.16. The van der Waals surface area contributed by atoms with Gasteiger partial charge in [0, 0.05) is 24.1 Å². The van der Waals surface area contributed by atoms with Gasteiger partial charge in [-0.15, -0.1) is 0 Å². The van der Waals surface area contributed by atoms with Gasteiger partial charge < -0.3 is 0 Å². The van der Waals surface area contributed by atoms with E-state index in [-0.39, 0.29) is 50.0 Å². The number of ketones is 1. The number of allylic oxidation sites excluding steroid dienone is 1. The Morgan fingerprint density at radius 1 is 1.00 bits per heavy atom. The predicted octanol–water partition coefficient (Wildman–Crippen LogP) is 7.60. The van der Waals surface area contributed by atoms with Gasteiger partial charge in [0.05, 0.1) is 26.7 Å². The normalized spacial score (nSPS) is 13.5. The number of hydrogen-bond acceptors (Lipinski definition) is 3. The molecule has 0 aliphatic carbocycles. The van der Waals surface area contributed by atoms with Gasteiger partial charge in [-0.2, -0.15) is 13.2 Å². The van der Waals surface area contributed by atoms with Gasteiger partial charge in [-0.1, -0.05) is 70.7 Å². The van der Waals surface area contributed by atoms with Crippen molar-refractivity contribution in [2.75, 3.05) is 12.0 Å². The van der Waals surface area contributed by atoms with Crippen molar-refractivity contribution in [3.63, 3.8) is 0 Å². The van der Waals surface area contributed by atoms with Crippen LogP contribution in [0.2, 0.25) is 20.1 Å². The number of benzene rings is 2. The minimum Gasteiger partial charge on any atom is -0.300 e. The standard InChI is InChI=1S/C22H19Cl4F3O3S/c1-33(31,32)9-8-16(30)6-5-14-4-2-13(10-18(14)23)3-7-17(22(27,28)29)15-11-19(24)21(26)20(25)12-15/h2-4,7,10-12,17H,5-6,8-9H2,1H3/b7-3+. The molecule has 0 fully saturated rings. The molecule has 0 aromatic heterocycles. The van der Waals surface area contributed by atoms with E-state index in [0.717, 1.165) is 24.5 Å². The van der Waals surface area contributed by atoms with E-state index in [4.69, 9.17) is 46.4 Å². The van der Waals surface area contributed by atoms with E-state index in [1.807, 2.05) is 0 Å². The van der Waals surface area contributed by atoms with E-state index >= 15 is 0 Å². The fraction of sp³-hybridized carbons (Fsp3) is 0.318. The van der Waals surface area contributed by atoms with Crippen LogP contribution in [-0.2, 0) is 21.1 Å².